The Morgan fingerprint density at radius 3 is 2.69 bits per heavy atom. The highest BCUT2D eigenvalue weighted by Gasteiger charge is 2.41. The maximum absolute atomic E-state index is 13.4. The van der Waals surface area contributed by atoms with Crippen LogP contribution in [0.5, 0.6) is 5.75 Å². The summed E-state index contributed by atoms with van der Waals surface area (Å²) in [6, 6.07) is 6.10. The highest BCUT2D eigenvalue weighted by atomic mass is 79.9. The number of thioether (sulfide) groups is 1. The molecule has 1 aliphatic rings. The van der Waals surface area contributed by atoms with Crippen LogP contribution < -0.4 is 4.74 Å². The van der Waals surface area contributed by atoms with Crippen molar-refractivity contribution in [1.82, 2.24) is 9.80 Å². The lowest BCUT2D eigenvalue weighted by Gasteiger charge is -2.39. The summed E-state index contributed by atoms with van der Waals surface area (Å²) >= 11 is 6.57. The monoisotopic (exact) mass is 592 g/mol. The lowest BCUT2D eigenvalue weighted by molar-refractivity contribution is -0.160. The van der Waals surface area contributed by atoms with Crippen LogP contribution in [0, 0.1) is 11.8 Å². The summed E-state index contributed by atoms with van der Waals surface area (Å²) in [6.45, 7) is 6.07. The predicted octanol–water partition coefficient (Wildman–Crippen LogP) is 4.44. The molecule has 36 heavy (non-hydrogen) atoms. The van der Waals surface area contributed by atoms with E-state index in [4.69, 9.17) is 4.74 Å². The molecule has 0 saturated heterocycles. The zero-order valence-corrected chi connectivity index (χ0v) is 23.9. The third-order valence-corrected chi connectivity index (χ3v) is 7.97. The molecule has 1 N–H and O–H groups in total. The van der Waals surface area contributed by atoms with E-state index in [1.54, 1.807) is 35.2 Å². The van der Waals surface area contributed by atoms with Crippen molar-refractivity contribution in [2.24, 2.45) is 0 Å². The Kier molecular flexibility index (Phi) is 9.50. The van der Waals surface area contributed by atoms with Gasteiger partial charge in [0.1, 0.15) is 5.75 Å². The van der Waals surface area contributed by atoms with Gasteiger partial charge in [0.15, 0.2) is 6.04 Å². The number of carboxylic acid groups (broad SMARTS) is 1. The smallest absolute Gasteiger partial charge is 0.331 e. The minimum atomic E-state index is -1.25. The molecular formula is C26H29BrN2O5S2. The Labute approximate surface area is 228 Å². The number of halogens is 1. The summed E-state index contributed by atoms with van der Waals surface area (Å²) in [5.41, 5.74) is 0.648. The number of rotatable bonds is 6. The number of aliphatic carboxylic acids is 1. The molecule has 1 atom stereocenters. The second-order valence-electron chi connectivity index (χ2n) is 9.13. The van der Waals surface area contributed by atoms with Crippen LogP contribution >= 0.6 is 39.0 Å². The number of hydrogen-bond donors (Lipinski definition) is 1. The van der Waals surface area contributed by atoms with Crippen LogP contribution in [0.15, 0.2) is 34.1 Å². The molecule has 0 saturated carbocycles. The van der Waals surface area contributed by atoms with Crippen molar-refractivity contribution >= 4 is 56.8 Å². The molecule has 1 aliphatic heterocycles. The van der Waals surface area contributed by atoms with E-state index >= 15 is 0 Å². The fourth-order valence-corrected chi connectivity index (χ4v) is 5.74. The van der Waals surface area contributed by atoms with Crippen molar-refractivity contribution in [3.05, 3.63) is 50.1 Å². The highest BCUT2D eigenvalue weighted by Crippen LogP contribution is 2.37. The van der Waals surface area contributed by atoms with E-state index in [-0.39, 0.29) is 6.54 Å². The number of carbonyl (C=O) groups is 3. The maximum Gasteiger partial charge on any atom is 0.331 e. The Morgan fingerprint density at radius 1 is 1.33 bits per heavy atom. The van der Waals surface area contributed by atoms with Crippen LogP contribution in [-0.2, 0) is 20.8 Å². The molecule has 0 aliphatic carbocycles. The predicted molar refractivity (Wildman–Crippen MR) is 146 cm³/mol. The van der Waals surface area contributed by atoms with Crippen molar-refractivity contribution in [2.75, 3.05) is 31.7 Å². The third-order valence-electron chi connectivity index (χ3n) is 5.74. The molecule has 10 heteroatoms. The van der Waals surface area contributed by atoms with Gasteiger partial charge in [0.25, 0.3) is 0 Å². The van der Waals surface area contributed by atoms with E-state index in [1.165, 1.54) is 16.9 Å². The van der Waals surface area contributed by atoms with Gasteiger partial charge >= 0.3 is 17.8 Å². The van der Waals surface area contributed by atoms with Gasteiger partial charge in [-0.3, -0.25) is 9.59 Å². The SMILES string of the molecule is COc1cc2c(cc1Br)C(C(=O)O)N(C(=O)C(=O)N(CCSCC#Cc1cccs1)C(C)(C)C)CC2. The second kappa shape index (κ2) is 12.2. The maximum atomic E-state index is 13.4. The quantitative estimate of drug-likeness (QED) is 0.303. The zero-order chi connectivity index (χ0) is 26.5. The zero-order valence-electron chi connectivity index (χ0n) is 20.7. The standard InChI is InChI=1S/C26H29BrN2O5S2/c1-26(2,3)29(11-14-35-12-5-7-18-8-6-13-36-18)24(31)23(30)28-10-9-17-15-21(34-4)20(27)16-19(17)22(28)25(32)33/h6,8,13,15-16,22H,9-12,14H2,1-4H3,(H,32,33). The number of fused-ring (bicyclic) bond motifs is 1. The van der Waals surface area contributed by atoms with Gasteiger partial charge in [-0.05, 0) is 77.8 Å². The molecule has 0 bridgehead atoms. The largest absolute Gasteiger partial charge is 0.496 e. The Morgan fingerprint density at radius 2 is 2.08 bits per heavy atom. The van der Waals surface area contributed by atoms with Crippen LogP contribution in [0.25, 0.3) is 0 Å². The van der Waals surface area contributed by atoms with Gasteiger partial charge in [-0.15, -0.1) is 23.1 Å². The van der Waals surface area contributed by atoms with Crippen LogP contribution in [0.3, 0.4) is 0 Å². The highest BCUT2D eigenvalue weighted by molar-refractivity contribution is 9.10. The van der Waals surface area contributed by atoms with Crippen molar-refractivity contribution in [2.45, 2.75) is 38.8 Å². The van der Waals surface area contributed by atoms with Crippen LogP contribution in [-0.4, -0.2) is 69.9 Å². The lowest BCUT2D eigenvalue weighted by Crippen LogP contribution is -2.55. The van der Waals surface area contributed by atoms with E-state index in [0.29, 0.717) is 40.3 Å². The first kappa shape index (κ1) is 28.1. The van der Waals surface area contributed by atoms with Crippen molar-refractivity contribution in [3.63, 3.8) is 0 Å². The van der Waals surface area contributed by atoms with Crippen molar-refractivity contribution in [3.8, 4) is 17.6 Å². The van der Waals surface area contributed by atoms with Crippen LogP contribution in [0.2, 0.25) is 0 Å². The molecule has 1 aromatic carbocycles. The van der Waals surface area contributed by atoms with E-state index in [1.807, 2.05) is 38.3 Å². The number of thiophene rings is 1. The topological polar surface area (TPSA) is 87.1 Å². The van der Waals surface area contributed by atoms with E-state index in [0.717, 1.165) is 10.4 Å². The molecule has 192 valence electrons. The Hall–Kier alpha value is -2.48. The summed E-state index contributed by atoms with van der Waals surface area (Å²) in [5, 5.41) is 12.0. The van der Waals surface area contributed by atoms with Crippen LogP contribution in [0.1, 0.15) is 42.8 Å². The van der Waals surface area contributed by atoms with Gasteiger partial charge in [-0.1, -0.05) is 17.9 Å². The number of ether oxygens (including phenoxy) is 1. The first-order valence-electron chi connectivity index (χ1n) is 11.4. The Balaban J connectivity index is 1.73. The van der Waals surface area contributed by atoms with Gasteiger partial charge in [0.05, 0.1) is 22.2 Å². The van der Waals surface area contributed by atoms with Crippen molar-refractivity contribution < 1.29 is 24.2 Å². The van der Waals surface area contributed by atoms with Gasteiger partial charge < -0.3 is 19.6 Å². The van der Waals surface area contributed by atoms with E-state index in [9.17, 15) is 19.5 Å². The molecule has 3 rings (SSSR count). The molecule has 0 radical (unpaired) electrons. The van der Waals surface area contributed by atoms with Gasteiger partial charge in [-0.2, -0.15) is 0 Å². The third kappa shape index (κ3) is 6.64. The number of amides is 2. The summed E-state index contributed by atoms with van der Waals surface area (Å²) in [5.74, 6) is 5.33. The summed E-state index contributed by atoms with van der Waals surface area (Å²) < 4.78 is 5.91. The fraction of sp³-hybridized carbons (Fsp3) is 0.423. The first-order chi connectivity index (χ1) is 17.0. The lowest BCUT2D eigenvalue weighted by atomic mass is 9.92. The minimum Gasteiger partial charge on any atom is -0.496 e. The van der Waals surface area contributed by atoms with Gasteiger partial charge in [0, 0.05) is 24.4 Å². The summed E-state index contributed by atoms with van der Waals surface area (Å²) in [6.07, 6.45) is 0.427. The number of carbonyl (C=O) groups excluding carboxylic acids is 2. The molecule has 1 aromatic heterocycles. The first-order valence-corrected chi connectivity index (χ1v) is 14.2. The minimum absolute atomic E-state index is 0.129. The average molecular weight is 594 g/mol. The second-order valence-corrected chi connectivity index (χ2v) is 12.0. The van der Waals surface area contributed by atoms with Crippen molar-refractivity contribution in [1.29, 1.82) is 0 Å². The van der Waals surface area contributed by atoms with Gasteiger partial charge in [-0.25, -0.2) is 4.79 Å². The molecule has 0 fully saturated rings. The molecule has 1 unspecified atom stereocenters. The number of nitrogens with zero attached hydrogens (tertiary/aromatic N) is 2. The number of carboxylic acids is 1. The summed E-state index contributed by atoms with van der Waals surface area (Å²) in [7, 11) is 1.54. The Bertz CT molecular complexity index is 1180. The molecule has 0 spiro atoms. The van der Waals surface area contributed by atoms with Gasteiger partial charge in [0.2, 0.25) is 0 Å². The number of methoxy groups -OCH3 is 1. The average Bonchev–Trinajstić information content (AvgIpc) is 3.34. The number of benzene rings is 1. The summed E-state index contributed by atoms with van der Waals surface area (Å²) in [4.78, 5) is 42.7. The number of hydrogen-bond acceptors (Lipinski definition) is 6. The normalized spacial score (nSPS) is 14.9. The molecule has 2 aromatic rings. The molecule has 7 nitrogen and oxygen atoms in total. The van der Waals surface area contributed by atoms with E-state index < -0.39 is 29.4 Å². The van der Waals surface area contributed by atoms with Crippen LogP contribution in [0.4, 0.5) is 0 Å². The molecule has 2 amide bonds. The molecule has 2 heterocycles. The fourth-order valence-electron chi connectivity index (χ4n) is 3.99. The van der Waals surface area contributed by atoms with E-state index in [2.05, 4.69) is 27.8 Å². The molecular weight excluding hydrogens is 564 g/mol.